The van der Waals surface area contributed by atoms with Gasteiger partial charge in [0.15, 0.2) is 6.10 Å². The van der Waals surface area contributed by atoms with Gasteiger partial charge in [0.05, 0.1) is 25.8 Å². The quantitative estimate of drug-likeness (QED) is 0.377. The fraction of sp³-hybridized carbons (Fsp3) is 0.263. The number of hydrogen-bond acceptors (Lipinski definition) is 7. The first-order valence-electron chi connectivity index (χ1n) is 8.64. The summed E-state index contributed by atoms with van der Waals surface area (Å²) >= 11 is 9.71. The molecule has 0 radical (unpaired) electrons. The van der Waals surface area contributed by atoms with E-state index in [0.29, 0.717) is 10.1 Å². The van der Waals surface area contributed by atoms with Crippen LogP contribution in [-0.4, -0.2) is 34.4 Å². The van der Waals surface area contributed by atoms with Gasteiger partial charge in [0.2, 0.25) is 0 Å². The number of rotatable bonds is 6. The Kier molecular flexibility index (Phi) is 7.05. The lowest BCUT2D eigenvalue weighted by molar-refractivity contribution is -0.384. The van der Waals surface area contributed by atoms with Crippen LogP contribution in [0.25, 0.3) is 0 Å². The van der Waals surface area contributed by atoms with Crippen LogP contribution in [0.5, 0.6) is 0 Å². The predicted octanol–water partition coefficient (Wildman–Crippen LogP) is 4.91. The number of benzene rings is 2. The van der Waals surface area contributed by atoms with E-state index in [1.807, 2.05) is 35.7 Å². The van der Waals surface area contributed by atoms with Gasteiger partial charge in [-0.25, -0.2) is 4.79 Å². The highest BCUT2D eigenvalue weighted by molar-refractivity contribution is 8.19. The maximum Gasteiger partial charge on any atom is 0.338 e. The molecule has 7 nitrogen and oxygen atoms in total. The number of ether oxygens (including phenoxy) is 1. The zero-order chi connectivity index (χ0) is 21.0. The van der Waals surface area contributed by atoms with E-state index >= 15 is 0 Å². The van der Waals surface area contributed by atoms with Crippen LogP contribution in [-0.2, 0) is 9.53 Å². The molecule has 3 rings (SSSR count). The summed E-state index contributed by atoms with van der Waals surface area (Å²) < 4.78 is 5.59. The fourth-order valence-electron chi connectivity index (χ4n) is 2.57. The van der Waals surface area contributed by atoms with E-state index in [-0.39, 0.29) is 16.4 Å². The molecule has 1 saturated heterocycles. The third-order valence-corrected chi connectivity index (χ3v) is 7.55. The van der Waals surface area contributed by atoms with Crippen LogP contribution in [0.2, 0.25) is 5.02 Å². The van der Waals surface area contributed by atoms with Gasteiger partial charge >= 0.3 is 5.97 Å². The van der Waals surface area contributed by atoms with Crippen molar-refractivity contribution in [3.8, 4) is 0 Å². The van der Waals surface area contributed by atoms with Gasteiger partial charge in [0.1, 0.15) is 0 Å². The molecular formula is C19H17ClN2O5S2. The first-order chi connectivity index (χ1) is 13.8. The number of esters is 1. The molecule has 1 unspecified atom stereocenters. The summed E-state index contributed by atoms with van der Waals surface area (Å²) in [5.74, 6) is 0.952. The molecule has 1 aliphatic rings. The smallest absolute Gasteiger partial charge is 0.338 e. The molecule has 1 aliphatic heterocycles. The normalized spacial score (nSPS) is 15.0. The molecule has 10 heteroatoms. The molecule has 2 aromatic rings. The van der Waals surface area contributed by atoms with Crippen molar-refractivity contribution in [2.24, 2.45) is 0 Å². The molecule has 2 aromatic carbocycles. The summed E-state index contributed by atoms with van der Waals surface area (Å²) in [5.41, 5.74) is 1.34. The summed E-state index contributed by atoms with van der Waals surface area (Å²) in [6.45, 7) is 1.42. The van der Waals surface area contributed by atoms with E-state index in [1.54, 1.807) is 12.1 Å². The number of hydrogen-bond donors (Lipinski definition) is 1. The lowest BCUT2D eigenvalue weighted by Crippen LogP contribution is -2.30. The second kappa shape index (κ2) is 9.51. The highest BCUT2D eigenvalue weighted by Crippen LogP contribution is 2.45. The van der Waals surface area contributed by atoms with Crippen molar-refractivity contribution in [3.63, 3.8) is 0 Å². The molecule has 0 saturated carbocycles. The second-order valence-electron chi connectivity index (χ2n) is 6.15. The van der Waals surface area contributed by atoms with Gasteiger partial charge in [-0.3, -0.25) is 14.9 Å². The van der Waals surface area contributed by atoms with Crippen molar-refractivity contribution in [3.05, 3.63) is 68.7 Å². The largest absolute Gasteiger partial charge is 0.449 e. The molecule has 152 valence electrons. The average Bonchev–Trinajstić information content (AvgIpc) is 3.24. The molecule has 1 heterocycles. The van der Waals surface area contributed by atoms with Crippen LogP contribution in [0, 0.1) is 10.1 Å². The Morgan fingerprint density at radius 2 is 1.86 bits per heavy atom. The third-order valence-electron chi connectivity index (χ3n) is 4.11. The highest BCUT2D eigenvalue weighted by atomic mass is 35.5. The Balaban J connectivity index is 1.61. The third kappa shape index (κ3) is 5.43. The van der Waals surface area contributed by atoms with E-state index in [1.165, 1.54) is 19.1 Å². The van der Waals surface area contributed by atoms with Crippen LogP contribution in [0.3, 0.4) is 0 Å². The SMILES string of the molecule is CC(OC(=O)c1ccc(C2SCCS2)cc1)C(=O)Nc1cc([N+](=O)[O-])ccc1Cl. The van der Waals surface area contributed by atoms with Gasteiger partial charge < -0.3 is 10.1 Å². The van der Waals surface area contributed by atoms with Crippen LogP contribution in [0.15, 0.2) is 42.5 Å². The minimum Gasteiger partial charge on any atom is -0.449 e. The standard InChI is InChI=1S/C19H17ClN2O5S2/c1-11(17(23)21-16-10-14(22(25)26)6-7-15(16)20)27-18(24)12-2-4-13(5-3-12)19-28-8-9-29-19/h2-7,10-11,19H,8-9H2,1H3,(H,21,23). The van der Waals surface area contributed by atoms with E-state index in [2.05, 4.69) is 5.32 Å². The summed E-state index contributed by atoms with van der Waals surface area (Å²) in [5, 5.41) is 13.5. The van der Waals surface area contributed by atoms with Gasteiger partial charge in [-0.15, -0.1) is 23.5 Å². The number of carbonyl (C=O) groups excluding carboxylic acids is 2. The Hall–Kier alpha value is -2.23. The number of amides is 1. The number of nitrogens with one attached hydrogen (secondary N) is 1. The zero-order valence-electron chi connectivity index (χ0n) is 15.3. The Morgan fingerprint density at radius 1 is 1.21 bits per heavy atom. The van der Waals surface area contributed by atoms with E-state index in [9.17, 15) is 19.7 Å². The molecular weight excluding hydrogens is 436 g/mol. The number of non-ortho nitro benzene ring substituents is 1. The summed E-state index contributed by atoms with van der Waals surface area (Å²) in [6, 6.07) is 10.8. The Morgan fingerprint density at radius 3 is 2.48 bits per heavy atom. The second-order valence-corrected chi connectivity index (χ2v) is 9.29. The van der Waals surface area contributed by atoms with Gasteiger partial charge in [0, 0.05) is 23.6 Å². The average molecular weight is 453 g/mol. The Bertz CT molecular complexity index is 933. The maximum atomic E-state index is 12.3. The zero-order valence-corrected chi connectivity index (χ0v) is 17.7. The lowest BCUT2D eigenvalue weighted by atomic mass is 10.1. The first-order valence-corrected chi connectivity index (χ1v) is 11.1. The molecule has 0 aromatic heterocycles. The number of nitrogens with zero attached hydrogens (tertiary/aromatic N) is 1. The molecule has 0 spiro atoms. The number of carbonyl (C=O) groups is 2. The molecule has 1 fully saturated rings. The van der Waals surface area contributed by atoms with E-state index in [4.69, 9.17) is 16.3 Å². The Labute approximate surface area is 180 Å². The number of halogens is 1. The molecule has 1 amide bonds. The lowest BCUT2D eigenvalue weighted by Gasteiger charge is -2.15. The minimum atomic E-state index is -1.11. The van der Waals surface area contributed by atoms with Crippen molar-refractivity contribution in [2.45, 2.75) is 17.6 Å². The van der Waals surface area contributed by atoms with Crippen molar-refractivity contribution in [2.75, 3.05) is 16.8 Å². The number of nitro groups is 1. The molecule has 0 aliphatic carbocycles. The van der Waals surface area contributed by atoms with E-state index < -0.39 is 22.9 Å². The maximum absolute atomic E-state index is 12.3. The monoisotopic (exact) mass is 452 g/mol. The topological polar surface area (TPSA) is 98.5 Å². The predicted molar refractivity (Wildman–Crippen MR) is 116 cm³/mol. The van der Waals surface area contributed by atoms with Crippen LogP contribution >= 0.6 is 35.1 Å². The summed E-state index contributed by atoms with van der Waals surface area (Å²) in [6.07, 6.45) is -1.11. The number of nitro benzene ring substituents is 1. The molecule has 1 atom stereocenters. The van der Waals surface area contributed by atoms with Gasteiger partial charge in [-0.1, -0.05) is 23.7 Å². The summed E-state index contributed by atoms with van der Waals surface area (Å²) in [4.78, 5) is 34.9. The molecule has 29 heavy (non-hydrogen) atoms. The highest BCUT2D eigenvalue weighted by Gasteiger charge is 2.22. The summed E-state index contributed by atoms with van der Waals surface area (Å²) in [7, 11) is 0. The van der Waals surface area contributed by atoms with Crippen LogP contribution in [0.4, 0.5) is 11.4 Å². The van der Waals surface area contributed by atoms with Gasteiger partial charge in [-0.2, -0.15) is 0 Å². The van der Waals surface area contributed by atoms with E-state index in [0.717, 1.165) is 23.1 Å². The fourth-order valence-corrected chi connectivity index (χ4v) is 5.59. The van der Waals surface area contributed by atoms with Crippen molar-refractivity contribution < 1.29 is 19.2 Å². The first kappa shape index (κ1) is 21.5. The number of thioether (sulfide) groups is 2. The van der Waals surface area contributed by atoms with Gasteiger partial charge in [0.25, 0.3) is 11.6 Å². The van der Waals surface area contributed by atoms with Crippen molar-refractivity contribution in [1.29, 1.82) is 0 Å². The molecule has 0 bridgehead atoms. The van der Waals surface area contributed by atoms with Crippen LogP contribution < -0.4 is 5.32 Å². The van der Waals surface area contributed by atoms with Gasteiger partial charge in [-0.05, 0) is 30.7 Å². The van der Waals surface area contributed by atoms with Crippen LogP contribution in [0.1, 0.15) is 27.4 Å². The number of anilines is 1. The molecule has 1 N–H and O–H groups in total. The van der Waals surface area contributed by atoms with Crippen molar-refractivity contribution >= 4 is 58.4 Å². The van der Waals surface area contributed by atoms with Crippen molar-refractivity contribution in [1.82, 2.24) is 0 Å². The minimum absolute atomic E-state index is 0.0738.